The minimum absolute atomic E-state index is 0.00351. The van der Waals surface area contributed by atoms with E-state index in [1.807, 2.05) is 0 Å². The second kappa shape index (κ2) is 5.63. The Morgan fingerprint density at radius 3 is 2.71 bits per heavy atom. The highest BCUT2D eigenvalue weighted by Crippen LogP contribution is 2.42. The molecule has 1 heterocycles. The van der Waals surface area contributed by atoms with Gasteiger partial charge in [-0.25, -0.2) is 9.97 Å². The summed E-state index contributed by atoms with van der Waals surface area (Å²) in [5.74, 6) is 1.29. The van der Waals surface area contributed by atoms with Gasteiger partial charge in [0.15, 0.2) is 5.82 Å². The van der Waals surface area contributed by atoms with E-state index in [2.05, 4.69) is 32.8 Å². The molecule has 0 amide bonds. The maximum absolute atomic E-state index is 6.13. The average Bonchev–Trinajstić information content (AvgIpc) is 3.11. The van der Waals surface area contributed by atoms with Crippen LogP contribution in [0.1, 0.15) is 43.8 Å². The number of hydrogen-bond donors (Lipinski definition) is 0. The molecule has 1 aromatic heterocycles. The smallest absolute Gasteiger partial charge is 0.159 e. The Hall–Kier alpha value is -0.190. The molecule has 1 saturated carbocycles. The minimum Gasteiger partial charge on any atom is -0.373 e. The molecule has 94 valence electrons. The standard InChI is InChI=1S/C12H16BrClN2O/c1-3-4-8-9(13)11(14)16-12(15-8)10(17-2)7-5-6-7/h7,10H,3-6H2,1-2H3. The van der Waals surface area contributed by atoms with E-state index >= 15 is 0 Å². The second-order valence-electron chi connectivity index (χ2n) is 4.38. The third-order valence-electron chi connectivity index (χ3n) is 2.94. The number of methoxy groups -OCH3 is 1. The number of aryl methyl sites for hydroxylation is 1. The number of rotatable bonds is 5. The van der Waals surface area contributed by atoms with Crippen LogP contribution in [0.2, 0.25) is 5.15 Å². The molecule has 0 N–H and O–H groups in total. The number of ether oxygens (including phenoxy) is 1. The molecule has 1 fully saturated rings. The highest BCUT2D eigenvalue weighted by Gasteiger charge is 2.35. The van der Waals surface area contributed by atoms with Crippen molar-refractivity contribution in [3.63, 3.8) is 0 Å². The molecule has 1 aliphatic carbocycles. The maximum Gasteiger partial charge on any atom is 0.159 e. The van der Waals surface area contributed by atoms with Crippen molar-refractivity contribution in [2.75, 3.05) is 7.11 Å². The lowest BCUT2D eigenvalue weighted by Gasteiger charge is -2.15. The molecule has 2 rings (SSSR count). The molecule has 17 heavy (non-hydrogen) atoms. The lowest BCUT2D eigenvalue weighted by Crippen LogP contribution is -2.11. The summed E-state index contributed by atoms with van der Waals surface area (Å²) in [5.41, 5.74) is 0.977. The Morgan fingerprint density at radius 2 is 2.18 bits per heavy atom. The van der Waals surface area contributed by atoms with Crippen LogP contribution in [0.25, 0.3) is 0 Å². The second-order valence-corrected chi connectivity index (χ2v) is 5.53. The summed E-state index contributed by atoms with van der Waals surface area (Å²) in [5, 5.41) is 0.487. The molecule has 0 bridgehead atoms. The van der Waals surface area contributed by atoms with Gasteiger partial charge in [0.25, 0.3) is 0 Å². The predicted octanol–water partition coefficient (Wildman–Crippen LogP) is 3.94. The molecule has 1 atom stereocenters. The molecule has 1 aliphatic rings. The fraction of sp³-hybridized carbons (Fsp3) is 0.667. The number of aromatic nitrogens is 2. The largest absolute Gasteiger partial charge is 0.373 e. The summed E-state index contributed by atoms with van der Waals surface area (Å²) < 4.78 is 6.30. The molecule has 3 nitrogen and oxygen atoms in total. The first-order valence-corrected chi connectivity index (χ1v) is 7.09. The fourth-order valence-corrected chi connectivity index (χ4v) is 2.49. The third-order valence-corrected chi connectivity index (χ3v) is 4.28. The third kappa shape index (κ3) is 2.98. The van der Waals surface area contributed by atoms with Gasteiger partial charge in [0.1, 0.15) is 11.3 Å². The summed E-state index contributed by atoms with van der Waals surface area (Å²) >= 11 is 9.57. The highest BCUT2D eigenvalue weighted by molar-refractivity contribution is 9.10. The van der Waals surface area contributed by atoms with Gasteiger partial charge < -0.3 is 4.74 Å². The van der Waals surface area contributed by atoms with E-state index in [4.69, 9.17) is 16.3 Å². The number of halogens is 2. The van der Waals surface area contributed by atoms with Gasteiger partial charge in [-0.15, -0.1) is 0 Å². The molecule has 5 heteroatoms. The first kappa shape index (κ1) is 13.2. The van der Waals surface area contributed by atoms with Crippen molar-refractivity contribution < 1.29 is 4.74 Å². The zero-order valence-electron chi connectivity index (χ0n) is 10.0. The molecule has 0 aromatic carbocycles. The first-order chi connectivity index (χ1) is 8.17. The van der Waals surface area contributed by atoms with Gasteiger partial charge in [0.2, 0.25) is 0 Å². The van der Waals surface area contributed by atoms with Crippen LogP contribution in [-0.2, 0) is 11.2 Å². The Balaban J connectivity index is 2.33. The lowest BCUT2D eigenvalue weighted by atomic mass is 10.2. The first-order valence-electron chi connectivity index (χ1n) is 5.92. The zero-order valence-corrected chi connectivity index (χ0v) is 12.4. The van der Waals surface area contributed by atoms with Crippen LogP contribution >= 0.6 is 27.5 Å². The van der Waals surface area contributed by atoms with Gasteiger partial charge in [-0.1, -0.05) is 24.9 Å². The van der Waals surface area contributed by atoms with Crippen LogP contribution in [0.5, 0.6) is 0 Å². The maximum atomic E-state index is 6.13. The van der Waals surface area contributed by atoms with Crippen LogP contribution in [-0.4, -0.2) is 17.1 Å². The molecule has 0 aliphatic heterocycles. The molecule has 0 saturated heterocycles. The van der Waals surface area contributed by atoms with E-state index in [9.17, 15) is 0 Å². The van der Waals surface area contributed by atoms with E-state index in [1.165, 1.54) is 12.8 Å². The van der Waals surface area contributed by atoms with Crippen molar-refractivity contribution >= 4 is 27.5 Å². The van der Waals surface area contributed by atoms with Crippen LogP contribution < -0.4 is 0 Å². The highest BCUT2D eigenvalue weighted by atomic mass is 79.9. The van der Waals surface area contributed by atoms with Crippen LogP contribution in [0.3, 0.4) is 0 Å². The molecular formula is C12H16BrClN2O. The molecule has 0 spiro atoms. The van der Waals surface area contributed by atoms with E-state index in [1.54, 1.807) is 7.11 Å². The predicted molar refractivity (Wildman–Crippen MR) is 71.2 cm³/mol. The van der Waals surface area contributed by atoms with Crippen molar-refractivity contribution in [1.29, 1.82) is 0 Å². The summed E-state index contributed by atoms with van der Waals surface area (Å²) in [6.07, 6.45) is 4.32. The molecule has 1 aromatic rings. The van der Waals surface area contributed by atoms with Crippen molar-refractivity contribution in [1.82, 2.24) is 9.97 Å². The minimum atomic E-state index is -0.00351. The van der Waals surface area contributed by atoms with Gasteiger partial charge in [0.05, 0.1) is 10.2 Å². The zero-order chi connectivity index (χ0) is 12.4. The average molecular weight is 320 g/mol. The monoisotopic (exact) mass is 318 g/mol. The Kier molecular flexibility index (Phi) is 4.39. The van der Waals surface area contributed by atoms with Gasteiger partial charge >= 0.3 is 0 Å². The summed E-state index contributed by atoms with van der Waals surface area (Å²) in [6, 6.07) is 0. The topological polar surface area (TPSA) is 35.0 Å². The van der Waals surface area contributed by atoms with Gasteiger partial charge in [-0.05, 0) is 41.1 Å². The molecule has 1 unspecified atom stereocenters. The summed E-state index contributed by atoms with van der Waals surface area (Å²) in [7, 11) is 1.71. The number of nitrogens with zero attached hydrogens (tertiary/aromatic N) is 2. The Bertz CT molecular complexity index is 410. The molecular weight excluding hydrogens is 304 g/mol. The Labute approximate surface area is 115 Å². The van der Waals surface area contributed by atoms with Crippen molar-refractivity contribution in [3.05, 3.63) is 21.1 Å². The quantitative estimate of drug-likeness (QED) is 0.771. The van der Waals surface area contributed by atoms with E-state index < -0.39 is 0 Å². The molecule has 0 radical (unpaired) electrons. The lowest BCUT2D eigenvalue weighted by molar-refractivity contribution is 0.0770. The van der Waals surface area contributed by atoms with Gasteiger partial charge in [-0.2, -0.15) is 0 Å². The van der Waals surface area contributed by atoms with Crippen LogP contribution in [0, 0.1) is 5.92 Å². The van der Waals surface area contributed by atoms with Crippen molar-refractivity contribution in [2.24, 2.45) is 5.92 Å². The fourth-order valence-electron chi connectivity index (χ4n) is 1.92. The SMILES string of the molecule is CCCc1nc(C(OC)C2CC2)nc(Cl)c1Br. The van der Waals surface area contributed by atoms with E-state index in [0.29, 0.717) is 11.1 Å². The van der Waals surface area contributed by atoms with E-state index in [0.717, 1.165) is 28.8 Å². The normalized spacial score (nSPS) is 17.2. The Morgan fingerprint density at radius 1 is 1.47 bits per heavy atom. The van der Waals surface area contributed by atoms with E-state index in [-0.39, 0.29) is 6.10 Å². The van der Waals surface area contributed by atoms with Gasteiger partial charge in [0, 0.05) is 7.11 Å². The number of hydrogen-bond acceptors (Lipinski definition) is 3. The van der Waals surface area contributed by atoms with Crippen molar-refractivity contribution in [2.45, 2.75) is 38.7 Å². The summed E-state index contributed by atoms with van der Waals surface area (Å²) in [4.78, 5) is 8.92. The van der Waals surface area contributed by atoms with Crippen LogP contribution in [0.4, 0.5) is 0 Å². The summed E-state index contributed by atoms with van der Waals surface area (Å²) in [6.45, 7) is 2.12. The van der Waals surface area contributed by atoms with Crippen molar-refractivity contribution in [3.8, 4) is 0 Å². The van der Waals surface area contributed by atoms with Gasteiger partial charge in [-0.3, -0.25) is 0 Å². The van der Waals surface area contributed by atoms with Crippen LogP contribution in [0.15, 0.2) is 4.47 Å².